The Labute approximate surface area is 178 Å². The van der Waals surface area contributed by atoms with Crippen molar-refractivity contribution in [3.05, 3.63) is 53.1 Å². The van der Waals surface area contributed by atoms with E-state index in [1.165, 1.54) is 28.2 Å². The summed E-state index contributed by atoms with van der Waals surface area (Å²) >= 11 is 1.62. The number of rotatable bonds is 4. The number of anilines is 2. The minimum absolute atomic E-state index is 0.106. The van der Waals surface area contributed by atoms with Crippen molar-refractivity contribution in [2.45, 2.75) is 46.4 Å². The van der Waals surface area contributed by atoms with Gasteiger partial charge in [0.25, 0.3) is 0 Å². The summed E-state index contributed by atoms with van der Waals surface area (Å²) < 4.78 is 40.9. The largest absolute Gasteiger partial charge is 0.573 e. The minimum Gasteiger partial charge on any atom is -0.406 e. The molecular weight excluding hydrogens is 409 g/mol. The highest BCUT2D eigenvalue weighted by Crippen LogP contribution is 2.57. The van der Waals surface area contributed by atoms with Crippen molar-refractivity contribution in [1.29, 1.82) is 0 Å². The first-order valence-corrected chi connectivity index (χ1v) is 10.9. The fourth-order valence-corrected chi connectivity index (χ4v) is 5.72. The van der Waals surface area contributed by atoms with Crippen LogP contribution in [0, 0.1) is 17.3 Å². The predicted molar refractivity (Wildman–Crippen MR) is 115 cm³/mol. The average Bonchev–Trinajstić information content (AvgIpc) is 3.04. The molecule has 1 aromatic heterocycles. The zero-order valence-corrected chi connectivity index (χ0v) is 18.1. The lowest BCUT2D eigenvalue weighted by Crippen LogP contribution is -2.36. The molecule has 2 aliphatic rings. The number of benzene rings is 1. The van der Waals surface area contributed by atoms with Crippen LogP contribution < -0.4 is 10.1 Å². The molecule has 0 spiro atoms. The Bertz CT molecular complexity index is 993. The van der Waals surface area contributed by atoms with Crippen molar-refractivity contribution in [2.24, 2.45) is 17.3 Å². The summed E-state index contributed by atoms with van der Waals surface area (Å²) in [7, 11) is 0. The van der Waals surface area contributed by atoms with Crippen molar-refractivity contribution in [3.63, 3.8) is 0 Å². The van der Waals surface area contributed by atoms with Crippen LogP contribution in [0.15, 0.2) is 42.5 Å². The van der Waals surface area contributed by atoms with Crippen LogP contribution in [0.2, 0.25) is 0 Å². The molecular formula is C23H25F3N2OS. The molecule has 0 saturated carbocycles. The molecule has 0 radical (unpaired) electrons. The fraction of sp³-hybridized carbons (Fsp3) is 0.435. The number of thiazole rings is 1. The van der Waals surface area contributed by atoms with Gasteiger partial charge in [0.1, 0.15) is 5.75 Å². The van der Waals surface area contributed by atoms with Crippen molar-refractivity contribution < 1.29 is 17.9 Å². The number of hydrogen-bond donors (Lipinski definition) is 1. The van der Waals surface area contributed by atoms with Crippen LogP contribution >= 0.6 is 11.3 Å². The first kappa shape index (κ1) is 21.0. The Morgan fingerprint density at radius 3 is 2.63 bits per heavy atom. The molecule has 1 N–H and O–H groups in total. The van der Waals surface area contributed by atoms with Gasteiger partial charge in [0, 0.05) is 5.69 Å². The fourth-order valence-electron chi connectivity index (χ4n) is 4.53. The highest BCUT2D eigenvalue weighted by atomic mass is 32.1. The van der Waals surface area contributed by atoms with Gasteiger partial charge < -0.3 is 10.1 Å². The van der Waals surface area contributed by atoms with E-state index in [0.717, 1.165) is 30.1 Å². The van der Waals surface area contributed by atoms with Crippen LogP contribution in [0.3, 0.4) is 0 Å². The van der Waals surface area contributed by atoms with E-state index in [1.807, 2.05) is 0 Å². The maximum Gasteiger partial charge on any atom is 0.573 e. The second-order valence-electron chi connectivity index (χ2n) is 8.62. The lowest BCUT2D eigenvalue weighted by atomic mass is 9.59. The van der Waals surface area contributed by atoms with Crippen molar-refractivity contribution >= 4 is 27.7 Å². The van der Waals surface area contributed by atoms with Gasteiger partial charge in [-0.3, -0.25) is 0 Å². The Morgan fingerprint density at radius 1 is 1.30 bits per heavy atom. The lowest BCUT2D eigenvalue weighted by Gasteiger charge is -2.46. The molecule has 160 valence electrons. The van der Waals surface area contributed by atoms with Gasteiger partial charge >= 0.3 is 6.36 Å². The first-order chi connectivity index (χ1) is 14.0. The molecule has 0 amide bonds. The summed E-state index contributed by atoms with van der Waals surface area (Å²) in [5.74, 6) is 0.758. The van der Waals surface area contributed by atoms with Crippen molar-refractivity contribution in [2.75, 3.05) is 5.32 Å². The second kappa shape index (κ2) is 7.45. The first-order valence-electron chi connectivity index (χ1n) is 10.0. The number of allylic oxidation sites excluding steroid dienone is 3. The van der Waals surface area contributed by atoms with E-state index in [-0.39, 0.29) is 11.2 Å². The van der Waals surface area contributed by atoms with Gasteiger partial charge in [-0.25, -0.2) is 4.98 Å². The number of alkyl halides is 3. The van der Waals surface area contributed by atoms with E-state index in [4.69, 9.17) is 4.98 Å². The molecule has 0 saturated heterocycles. The molecule has 0 aliphatic heterocycles. The number of halogens is 3. The monoisotopic (exact) mass is 434 g/mol. The number of nitrogens with zero attached hydrogens (tertiary/aromatic N) is 1. The van der Waals surface area contributed by atoms with Crippen LogP contribution in [0.5, 0.6) is 5.75 Å². The van der Waals surface area contributed by atoms with Crippen LogP contribution in [0.25, 0.3) is 5.57 Å². The van der Waals surface area contributed by atoms with Crippen molar-refractivity contribution in [1.82, 2.24) is 4.98 Å². The Hall–Kier alpha value is -2.28. The molecule has 1 heterocycles. The van der Waals surface area contributed by atoms with E-state index in [9.17, 15) is 13.2 Å². The SMILES string of the molecule is C=C(C)[C@@H]1CC=C2c3sc(Nc4ccc(OC(F)(F)F)cc4)nc3C[C@@H](C)[C@]2(C)C1. The molecule has 3 atom stereocenters. The van der Waals surface area contributed by atoms with Gasteiger partial charge in [-0.15, -0.1) is 13.2 Å². The third-order valence-corrected chi connectivity index (χ3v) is 7.50. The summed E-state index contributed by atoms with van der Waals surface area (Å²) in [6.45, 7) is 10.9. The minimum atomic E-state index is -4.69. The normalized spacial score (nSPS) is 25.7. The average molecular weight is 435 g/mol. The maximum absolute atomic E-state index is 12.3. The summed E-state index contributed by atoms with van der Waals surface area (Å²) in [6.07, 6.45) is 0.707. The topological polar surface area (TPSA) is 34.1 Å². The molecule has 2 aromatic rings. The molecule has 30 heavy (non-hydrogen) atoms. The van der Waals surface area contributed by atoms with Crippen LogP contribution in [0.1, 0.15) is 44.2 Å². The van der Waals surface area contributed by atoms with Gasteiger partial charge in [0.2, 0.25) is 0 Å². The van der Waals surface area contributed by atoms with E-state index in [2.05, 4.69) is 43.5 Å². The third-order valence-electron chi connectivity index (χ3n) is 6.46. The van der Waals surface area contributed by atoms with E-state index in [0.29, 0.717) is 17.5 Å². The second-order valence-corrected chi connectivity index (χ2v) is 9.61. The summed E-state index contributed by atoms with van der Waals surface area (Å²) in [5, 5.41) is 3.98. The van der Waals surface area contributed by atoms with Gasteiger partial charge in [-0.1, -0.05) is 43.4 Å². The van der Waals surface area contributed by atoms with E-state index in [1.54, 1.807) is 23.5 Å². The Kier molecular flexibility index (Phi) is 5.21. The zero-order chi connectivity index (χ0) is 21.7. The molecule has 7 heteroatoms. The van der Waals surface area contributed by atoms with Gasteiger partial charge in [-0.2, -0.15) is 0 Å². The maximum atomic E-state index is 12.3. The molecule has 0 fully saturated rings. The smallest absolute Gasteiger partial charge is 0.406 e. The summed E-state index contributed by atoms with van der Waals surface area (Å²) in [4.78, 5) is 6.02. The Balaban J connectivity index is 1.57. The quantitative estimate of drug-likeness (QED) is 0.511. The molecule has 4 rings (SSSR count). The van der Waals surface area contributed by atoms with Crippen molar-refractivity contribution in [3.8, 4) is 5.75 Å². The number of nitrogens with one attached hydrogen (secondary N) is 1. The number of aromatic nitrogens is 1. The van der Waals surface area contributed by atoms with E-state index < -0.39 is 6.36 Å². The number of fused-ring (bicyclic) bond motifs is 3. The zero-order valence-electron chi connectivity index (χ0n) is 17.3. The number of ether oxygens (including phenoxy) is 1. The summed E-state index contributed by atoms with van der Waals surface area (Å²) in [5.41, 5.74) is 4.51. The third kappa shape index (κ3) is 4.00. The Morgan fingerprint density at radius 2 is 2.00 bits per heavy atom. The molecule has 1 aromatic carbocycles. The lowest BCUT2D eigenvalue weighted by molar-refractivity contribution is -0.274. The molecule has 0 unspecified atom stereocenters. The van der Waals surface area contributed by atoms with Gasteiger partial charge in [0.15, 0.2) is 5.13 Å². The van der Waals surface area contributed by atoms with Gasteiger partial charge in [0.05, 0.1) is 10.6 Å². The highest BCUT2D eigenvalue weighted by Gasteiger charge is 2.45. The number of hydrogen-bond acceptors (Lipinski definition) is 4. The summed E-state index contributed by atoms with van der Waals surface area (Å²) in [6, 6.07) is 5.71. The molecule has 3 nitrogen and oxygen atoms in total. The van der Waals surface area contributed by atoms with Gasteiger partial charge in [-0.05, 0) is 73.3 Å². The molecule has 0 bridgehead atoms. The van der Waals surface area contributed by atoms with Crippen LogP contribution in [-0.4, -0.2) is 11.3 Å². The highest BCUT2D eigenvalue weighted by molar-refractivity contribution is 7.16. The standard InChI is InChI=1S/C23H25F3N2OS/c1-13(2)15-5-10-18-20-19(11-14(3)22(18,4)12-15)28-21(30-20)27-16-6-8-17(9-7-16)29-23(24,25)26/h6-10,14-15H,1,5,11-12H2,2-4H3,(H,27,28)/t14-,15-,22+/m1/s1. The molecule has 2 aliphatic carbocycles. The van der Waals surface area contributed by atoms with Crippen LogP contribution in [-0.2, 0) is 6.42 Å². The predicted octanol–water partition coefficient (Wildman–Crippen LogP) is 7.35. The van der Waals surface area contributed by atoms with Crippen LogP contribution in [0.4, 0.5) is 24.0 Å². The van der Waals surface area contributed by atoms with E-state index >= 15 is 0 Å².